The third-order valence-corrected chi connectivity index (χ3v) is 4.64. The minimum Gasteiger partial charge on any atom is -0.451 e. The van der Waals surface area contributed by atoms with Crippen LogP contribution in [0, 0.1) is 13.8 Å². The van der Waals surface area contributed by atoms with E-state index in [-0.39, 0.29) is 11.7 Å². The van der Waals surface area contributed by atoms with Crippen molar-refractivity contribution in [1.29, 1.82) is 0 Å². The lowest BCUT2D eigenvalue weighted by molar-refractivity contribution is -0.114. The summed E-state index contributed by atoms with van der Waals surface area (Å²) in [7, 11) is 0. The van der Waals surface area contributed by atoms with Crippen molar-refractivity contribution in [1.82, 2.24) is 9.78 Å². The Kier molecular flexibility index (Phi) is 6.11. The van der Waals surface area contributed by atoms with E-state index in [9.17, 15) is 14.4 Å². The summed E-state index contributed by atoms with van der Waals surface area (Å²) in [5, 5.41) is 7.08. The van der Waals surface area contributed by atoms with Gasteiger partial charge in [0.15, 0.2) is 6.10 Å². The smallest absolute Gasteiger partial charge is 0.342 e. The Morgan fingerprint density at radius 3 is 2.23 bits per heavy atom. The Bertz CT molecular complexity index is 1090. The van der Waals surface area contributed by atoms with E-state index in [0.29, 0.717) is 28.2 Å². The van der Waals surface area contributed by atoms with Gasteiger partial charge in [-0.3, -0.25) is 9.59 Å². The first-order valence-corrected chi connectivity index (χ1v) is 9.52. The zero-order valence-corrected chi connectivity index (χ0v) is 17.3. The third kappa shape index (κ3) is 4.46. The van der Waals surface area contributed by atoms with Crippen molar-refractivity contribution >= 4 is 23.3 Å². The number of nitrogens with zero attached hydrogens (tertiary/aromatic N) is 2. The average Bonchev–Trinajstić information content (AvgIpc) is 3.02. The molecule has 0 aliphatic carbocycles. The predicted octanol–water partition coefficient (Wildman–Crippen LogP) is 3.88. The minimum absolute atomic E-state index is 0.196. The van der Waals surface area contributed by atoms with Gasteiger partial charge in [0.25, 0.3) is 0 Å². The number of aromatic nitrogens is 2. The van der Waals surface area contributed by atoms with Crippen molar-refractivity contribution in [2.24, 2.45) is 0 Å². The molecule has 154 valence electrons. The molecular weight excluding hydrogens is 382 g/mol. The Morgan fingerprint density at radius 1 is 1.00 bits per heavy atom. The lowest BCUT2D eigenvalue weighted by Crippen LogP contribution is -2.25. The van der Waals surface area contributed by atoms with Crippen molar-refractivity contribution in [3.63, 3.8) is 0 Å². The molecule has 0 aliphatic rings. The number of rotatable bonds is 6. The van der Waals surface area contributed by atoms with Gasteiger partial charge in [0.1, 0.15) is 5.56 Å². The number of ether oxygens (including phenoxy) is 1. The quantitative estimate of drug-likeness (QED) is 0.497. The molecule has 1 amide bonds. The number of benzene rings is 2. The summed E-state index contributed by atoms with van der Waals surface area (Å²) in [6.07, 6.45) is -0.969. The monoisotopic (exact) mass is 405 g/mol. The Labute approximate surface area is 174 Å². The standard InChI is InChI=1S/C23H23N3O4/c1-14-21(15(2)26(25-14)20-8-6-5-7-9-20)23(29)30-16(3)22(28)18-10-12-19(13-11-18)24-17(4)27/h5-13,16H,1-4H3,(H,24,27)/t16-/m1/s1. The van der Waals surface area contributed by atoms with Crippen LogP contribution in [0.2, 0.25) is 0 Å². The topological polar surface area (TPSA) is 90.3 Å². The number of amides is 1. The van der Waals surface area contributed by atoms with E-state index in [1.807, 2.05) is 30.3 Å². The summed E-state index contributed by atoms with van der Waals surface area (Å²) in [6, 6.07) is 15.9. The highest BCUT2D eigenvalue weighted by molar-refractivity contribution is 6.02. The molecule has 0 radical (unpaired) electrons. The number of anilines is 1. The van der Waals surface area contributed by atoms with Crippen molar-refractivity contribution in [3.05, 3.63) is 77.1 Å². The number of esters is 1. The lowest BCUT2D eigenvalue weighted by atomic mass is 10.1. The van der Waals surface area contributed by atoms with Gasteiger partial charge in [-0.1, -0.05) is 18.2 Å². The van der Waals surface area contributed by atoms with Gasteiger partial charge in [-0.15, -0.1) is 0 Å². The predicted molar refractivity (Wildman–Crippen MR) is 113 cm³/mol. The van der Waals surface area contributed by atoms with Gasteiger partial charge in [0.2, 0.25) is 11.7 Å². The van der Waals surface area contributed by atoms with Crippen LogP contribution in [0.3, 0.4) is 0 Å². The molecule has 0 unspecified atom stereocenters. The maximum atomic E-state index is 12.8. The van der Waals surface area contributed by atoms with Crippen LogP contribution in [0.4, 0.5) is 5.69 Å². The van der Waals surface area contributed by atoms with Gasteiger partial charge in [0.05, 0.1) is 17.1 Å². The molecule has 7 nitrogen and oxygen atoms in total. The van der Waals surface area contributed by atoms with Crippen LogP contribution in [-0.4, -0.2) is 33.5 Å². The van der Waals surface area contributed by atoms with E-state index in [1.165, 1.54) is 13.8 Å². The molecule has 0 bridgehead atoms. The second-order valence-corrected chi connectivity index (χ2v) is 6.96. The maximum absolute atomic E-state index is 12.8. The highest BCUT2D eigenvalue weighted by atomic mass is 16.5. The van der Waals surface area contributed by atoms with E-state index in [4.69, 9.17) is 4.74 Å². The van der Waals surface area contributed by atoms with Crippen LogP contribution in [0.5, 0.6) is 0 Å². The fourth-order valence-electron chi connectivity index (χ4n) is 3.19. The van der Waals surface area contributed by atoms with Gasteiger partial charge in [-0.05, 0) is 57.2 Å². The summed E-state index contributed by atoms with van der Waals surface area (Å²) < 4.78 is 7.13. The molecule has 2 aromatic carbocycles. The molecule has 1 N–H and O–H groups in total. The molecule has 0 saturated carbocycles. The number of Topliss-reactive ketones (excluding diaryl/α,β-unsaturated/α-hetero) is 1. The molecule has 0 fully saturated rings. The first kappa shape index (κ1) is 21.0. The lowest BCUT2D eigenvalue weighted by Gasteiger charge is -2.13. The number of hydrogen-bond donors (Lipinski definition) is 1. The van der Waals surface area contributed by atoms with Crippen molar-refractivity contribution < 1.29 is 19.1 Å². The normalized spacial score (nSPS) is 11.6. The second kappa shape index (κ2) is 8.73. The number of para-hydroxylation sites is 1. The second-order valence-electron chi connectivity index (χ2n) is 6.96. The van der Waals surface area contributed by atoms with Gasteiger partial charge in [0, 0.05) is 18.2 Å². The Balaban J connectivity index is 1.75. The van der Waals surface area contributed by atoms with Crippen LogP contribution >= 0.6 is 0 Å². The van der Waals surface area contributed by atoms with Crippen LogP contribution in [-0.2, 0) is 9.53 Å². The van der Waals surface area contributed by atoms with E-state index < -0.39 is 12.1 Å². The first-order valence-electron chi connectivity index (χ1n) is 9.52. The van der Waals surface area contributed by atoms with E-state index in [1.54, 1.807) is 42.8 Å². The summed E-state index contributed by atoms with van der Waals surface area (Å²) in [4.78, 5) is 36.5. The highest BCUT2D eigenvalue weighted by Crippen LogP contribution is 2.20. The van der Waals surface area contributed by atoms with Crippen molar-refractivity contribution in [2.45, 2.75) is 33.8 Å². The molecule has 1 aromatic heterocycles. The third-order valence-electron chi connectivity index (χ3n) is 4.64. The molecule has 1 heterocycles. The van der Waals surface area contributed by atoms with E-state index >= 15 is 0 Å². The number of hydrogen-bond acceptors (Lipinski definition) is 5. The molecule has 0 aliphatic heterocycles. The molecule has 3 rings (SSSR count). The van der Waals surface area contributed by atoms with E-state index in [0.717, 1.165) is 5.69 Å². The molecule has 0 spiro atoms. The Morgan fingerprint density at radius 2 is 1.63 bits per heavy atom. The van der Waals surface area contributed by atoms with Gasteiger partial charge in [-0.2, -0.15) is 5.10 Å². The van der Waals surface area contributed by atoms with E-state index in [2.05, 4.69) is 10.4 Å². The largest absolute Gasteiger partial charge is 0.451 e. The summed E-state index contributed by atoms with van der Waals surface area (Å²) >= 11 is 0. The van der Waals surface area contributed by atoms with Crippen LogP contribution in [0.1, 0.15) is 46.0 Å². The summed E-state index contributed by atoms with van der Waals surface area (Å²) in [6.45, 7) is 6.46. The fraction of sp³-hybridized carbons (Fsp3) is 0.217. The maximum Gasteiger partial charge on any atom is 0.342 e. The fourth-order valence-corrected chi connectivity index (χ4v) is 3.19. The number of ketones is 1. The summed E-state index contributed by atoms with van der Waals surface area (Å²) in [5.74, 6) is -1.12. The molecule has 30 heavy (non-hydrogen) atoms. The number of nitrogens with one attached hydrogen (secondary N) is 1. The SMILES string of the molecule is CC(=O)Nc1ccc(C(=O)[C@@H](C)OC(=O)c2c(C)nn(-c3ccccc3)c2C)cc1. The molecular formula is C23H23N3O4. The van der Waals surface area contributed by atoms with Crippen molar-refractivity contribution in [2.75, 3.05) is 5.32 Å². The van der Waals surface area contributed by atoms with Gasteiger partial charge >= 0.3 is 5.97 Å². The summed E-state index contributed by atoms with van der Waals surface area (Å²) in [5.41, 5.74) is 3.32. The highest BCUT2D eigenvalue weighted by Gasteiger charge is 2.25. The number of carbonyl (C=O) groups excluding carboxylic acids is 3. The average molecular weight is 405 g/mol. The molecule has 3 aromatic rings. The zero-order valence-electron chi connectivity index (χ0n) is 17.3. The minimum atomic E-state index is -0.969. The van der Waals surface area contributed by atoms with Crippen LogP contribution in [0.15, 0.2) is 54.6 Å². The van der Waals surface area contributed by atoms with Crippen molar-refractivity contribution in [3.8, 4) is 5.69 Å². The Hall–Kier alpha value is -3.74. The van der Waals surface area contributed by atoms with Gasteiger partial charge in [-0.25, -0.2) is 9.48 Å². The van der Waals surface area contributed by atoms with Crippen LogP contribution < -0.4 is 5.32 Å². The van der Waals surface area contributed by atoms with Crippen LogP contribution in [0.25, 0.3) is 5.69 Å². The zero-order chi connectivity index (χ0) is 21.8. The molecule has 7 heteroatoms. The first-order chi connectivity index (χ1) is 14.3. The number of carbonyl (C=O) groups is 3. The molecule has 1 atom stereocenters. The molecule has 0 saturated heterocycles. The van der Waals surface area contributed by atoms with Gasteiger partial charge < -0.3 is 10.1 Å². The number of aryl methyl sites for hydroxylation is 1.